The lowest BCUT2D eigenvalue weighted by molar-refractivity contribution is -0.141. The van der Waals surface area contributed by atoms with E-state index in [1.54, 1.807) is 23.1 Å². The van der Waals surface area contributed by atoms with Gasteiger partial charge in [0, 0.05) is 43.8 Å². The van der Waals surface area contributed by atoms with Crippen molar-refractivity contribution in [2.75, 3.05) is 33.4 Å². The predicted octanol–water partition coefficient (Wildman–Crippen LogP) is 5.33. The maximum absolute atomic E-state index is 14.0. The third kappa shape index (κ3) is 4.73. The summed E-state index contributed by atoms with van der Waals surface area (Å²) in [5.41, 5.74) is 1.57. The molecule has 1 atom stereocenters. The molecule has 2 saturated heterocycles. The second-order valence-electron chi connectivity index (χ2n) is 10.5. The Morgan fingerprint density at radius 2 is 1.97 bits per heavy atom. The Bertz CT molecular complexity index is 1410. The van der Waals surface area contributed by atoms with Gasteiger partial charge in [0.25, 0.3) is 5.91 Å². The molecule has 8 nitrogen and oxygen atoms in total. The standard InChI is InChI=1S/C29H30ClFN2O6/c1-28(2)37-17-20(38-28)16-36-26-21(30)13-18(14-24(26)35-3)27(34)32-11-8-29(9-12-32)25-5-4-10-33(25)22-7-6-19(31)15-23(22)39-29/h4-7,10,13-15,20H,8-9,11-12,16-17H2,1-3H3. The molecule has 2 aromatic carbocycles. The van der Waals surface area contributed by atoms with E-state index in [1.165, 1.54) is 19.2 Å². The van der Waals surface area contributed by atoms with Crippen molar-refractivity contribution in [1.82, 2.24) is 9.47 Å². The number of carbonyl (C=O) groups is 1. The molecule has 4 heterocycles. The zero-order valence-corrected chi connectivity index (χ0v) is 22.8. The number of hydrogen-bond donors (Lipinski definition) is 0. The van der Waals surface area contributed by atoms with Gasteiger partial charge in [-0.3, -0.25) is 4.79 Å². The number of nitrogens with zero attached hydrogens (tertiary/aromatic N) is 2. The van der Waals surface area contributed by atoms with Gasteiger partial charge in [-0.1, -0.05) is 11.6 Å². The molecular weight excluding hydrogens is 527 g/mol. The number of rotatable bonds is 5. The second-order valence-corrected chi connectivity index (χ2v) is 10.9. The first-order valence-corrected chi connectivity index (χ1v) is 13.3. The molecule has 0 aliphatic carbocycles. The third-order valence-corrected chi connectivity index (χ3v) is 7.80. The molecule has 206 valence electrons. The summed E-state index contributed by atoms with van der Waals surface area (Å²) >= 11 is 6.56. The molecule has 1 spiro atoms. The molecular formula is C29H30ClFN2O6. The average molecular weight is 557 g/mol. The normalized spacial score (nSPS) is 20.7. The highest BCUT2D eigenvalue weighted by Gasteiger charge is 2.45. The summed E-state index contributed by atoms with van der Waals surface area (Å²) in [4.78, 5) is 15.3. The van der Waals surface area contributed by atoms with Crippen molar-refractivity contribution in [3.8, 4) is 22.9 Å². The fraction of sp³-hybridized carbons (Fsp3) is 0.414. The zero-order valence-electron chi connectivity index (χ0n) is 22.0. The Labute approximate surface area is 231 Å². The number of hydrogen-bond acceptors (Lipinski definition) is 6. The van der Waals surface area contributed by atoms with Crippen LogP contribution in [0.2, 0.25) is 5.02 Å². The summed E-state index contributed by atoms with van der Waals surface area (Å²) in [6.07, 6.45) is 2.84. The molecule has 10 heteroatoms. The molecule has 0 saturated carbocycles. The van der Waals surface area contributed by atoms with Crippen LogP contribution in [0.4, 0.5) is 4.39 Å². The number of piperidine rings is 1. The van der Waals surface area contributed by atoms with Crippen LogP contribution < -0.4 is 14.2 Å². The van der Waals surface area contributed by atoms with E-state index in [-0.39, 0.29) is 29.5 Å². The number of methoxy groups -OCH3 is 1. The number of ether oxygens (including phenoxy) is 5. The number of likely N-dealkylation sites (tertiary alicyclic amines) is 1. The van der Waals surface area contributed by atoms with Gasteiger partial charge in [-0.2, -0.15) is 0 Å². The molecule has 3 aliphatic rings. The van der Waals surface area contributed by atoms with Crippen LogP contribution in [-0.4, -0.2) is 60.7 Å². The van der Waals surface area contributed by atoms with Gasteiger partial charge < -0.3 is 33.2 Å². The quantitative estimate of drug-likeness (QED) is 0.423. The van der Waals surface area contributed by atoms with Gasteiger partial charge in [-0.05, 0) is 50.2 Å². The Morgan fingerprint density at radius 3 is 2.69 bits per heavy atom. The van der Waals surface area contributed by atoms with Gasteiger partial charge in [-0.25, -0.2) is 4.39 Å². The summed E-state index contributed by atoms with van der Waals surface area (Å²) in [6.45, 7) is 5.26. The van der Waals surface area contributed by atoms with Crippen LogP contribution in [0.25, 0.3) is 5.69 Å². The smallest absolute Gasteiger partial charge is 0.254 e. The predicted molar refractivity (Wildman–Crippen MR) is 142 cm³/mol. The van der Waals surface area contributed by atoms with Crippen LogP contribution in [0, 0.1) is 5.82 Å². The van der Waals surface area contributed by atoms with Crippen LogP contribution in [0.15, 0.2) is 48.7 Å². The van der Waals surface area contributed by atoms with Crippen molar-refractivity contribution in [3.05, 3.63) is 70.8 Å². The number of fused-ring (bicyclic) bond motifs is 4. The maximum Gasteiger partial charge on any atom is 0.254 e. The summed E-state index contributed by atoms with van der Waals surface area (Å²) in [6, 6.07) is 11.8. The Kier molecular flexibility index (Phi) is 6.48. The van der Waals surface area contributed by atoms with E-state index < -0.39 is 11.4 Å². The van der Waals surface area contributed by atoms with E-state index in [2.05, 4.69) is 0 Å². The summed E-state index contributed by atoms with van der Waals surface area (Å²) in [5.74, 6) is 0.0512. The van der Waals surface area contributed by atoms with Crippen molar-refractivity contribution in [1.29, 1.82) is 0 Å². The maximum atomic E-state index is 14.0. The molecule has 2 fully saturated rings. The van der Waals surface area contributed by atoms with Crippen molar-refractivity contribution < 1.29 is 32.9 Å². The highest BCUT2D eigenvalue weighted by molar-refractivity contribution is 6.32. The molecule has 3 aromatic rings. The van der Waals surface area contributed by atoms with Crippen molar-refractivity contribution in [2.45, 2.75) is 44.2 Å². The van der Waals surface area contributed by atoms with E-state index in [0.29, 0.717) is 55.4 Å². The highest BCUT2D eigenvalue weighted by Crippen LogP contribution is 2.45. The van der Waals surface area contributed by atoms with E-state index in [1.807, 2.05) is 36.7 Å². The summed E-state index contributed by atoms with van der Waals surface area (Å²) in [7, 11) is 1.51. The van der Waals surface area contributed by atoms with Gasteiger partial charge in [0.1, 0.15) is 24.3 Å². The highest BCUT2D eigenvalue weighted by atomic mass is 35.5. The number of carbonyl (C=O) groups excluding carboxylic acids is 1. The largest absolute Gasteiger partial charge is 0.493 e. The van der Waals surface area contributed by atoms with Crippen LogP contribution in [0.1, 0.15) is 42.7 Å². The van der Waals surface area contributed by atoms with E-state index in [9.17, 15) is 9.18 Å². The number of benzene rings is 2. The molecule has 39 heavy (non-hydrogen) atoms. The van der Waals surface area contributed by atoms with Crippen molar-refractivity contribution >= 4 is 17.5 Å². The van der Waals surface area contributed by atoms with Gasteiger partial charge in [0.15, 0.2) is 22.9 Å². The average Bonchev–Trinajstić information content (AvgIpc) is 3.54. The monoisotopic (exact) mass is 556 g/mol. The summed E-state index contributed by atoms with van der Waals surface area (Å²) in [5, 5.41) is 0.274. The minimum atomic E-state index is -0.656. The van der Waals surface area contributed by atoms with Gasteiger partial charge in [0.2, 0.25) is 0 Å². The molecule has 6 rings (SSSR count). The van der Waals surface area contributed by atoms with Gasteiger partial charge in [0.05, 0.1) is 30.1 Å². The van der Waals surface area contributed by atoms with Crippen LogP contribution in [-0.2, 0) is 15.1 Å². The van der Waals surface area contributed by atoms with Crippen LogP contribution in [0.5, 0.6) is 17.2 Å². The first kappa shape index (κ1) is 26.0. The molecule has 0 radical (unpaired) electrons. The number of aromatic nitrogens is 1. The van der Waals surface area contributed by atoms with E-state index in [4.69, 9.17) is 35.3 Å². The minimum Gasteiger partial charge on any atom is -0.493 e. The van der Waals surface area contributed by atoms with Gasteiger partial charge in [-0.15, -0.1) is 0 Å². The lowest BCUT2D eigenvalue weighted by Gasteiger charge is -2.45. The fourth-order valence-corrected chi connectivity index (χ4v) is 5.88. The van der Waals surface area contributed by atoms with Gasteiger partial charge >= 0.3 is 0 Å². The number of amides is 1. The zero-order chi connectivity index (χ0) is 27.4. The first-order chi connectivity index (χ1) is 18.7. The summed E-state index contributed by atoms with van der Waals surface area (Å²) < 4.78 is 45.3. The van der Waals surface area contributed by atoms with Crippen molar-refractivity contribution in [3.63, 3.8) is 0 Å². The lowest BCUT2D eigenvalue weighted by Crippen LogP contribution is -2.50. The SMILES string of the molecule is COc1cc(C(=O)N2CCC3(CC2)Oc2cc(F)ccc2-n2cccc23)cc(Cl)c1OCC1COC(C)(C)O1. The Morgan fingerprint density at radius 1 is 1.18 bits per heavy atom. The van der Waals surface area contributed by atoms with Crippen LogP contribution >= 0.6 is 11.6 Å². The topological polar surface area (TPSA) is 71.4 Å². The second kappa shape index (κ2) is 9.73. The minimum absolute atomic E-state index is 0.163. The third-order valence-electron chi connectivity index (χ3n) is 7.52. The van der Waals surface area contributed by atoms with Crippen molar-refractivity contribution in [2.24, 2.45) is 0 Å². The molecule has 1 amide bonds. The molecule has 1 unspecified atom stereocenters. The molecule has 1 aromatic heterocycles. The molecule has 3 aliphatic heterocycles. The fourth-order valence-electron chi connectivity index (χ4n) is 5.61. The van der Waals surface area contributed by atoms with E-state index >= 15 is 0 Å². The lowest BCUT2D eigenvalue weighted by atomic mass is 9.86. The molecule has 0 bridgehead atoms. The Balaban J connectivity index is 1.17. The van der Waals surface area contributed by atoms with Crippen LogP contribution in [0.3, 0.4) is 0 Å². The number of halogens is 2. The van der Waals surface area contributed by atoms with E-state index in [0.717, 1.165) is 11.4 Å². The Hall–Kier alpha value is -3.27. The molecule has 0 N–H and O–H groups in total. The first-order valence-electron chi connectivity index (χ1n) is 13.0.